The minimum Gasteiger partial charge on any atom is -0.444 e. The molecule has 0 N–H and O–H groups in total. The Hall–Kier alpha value is -2.76. The maximum atomic E-state index is 12.6. The van der Waals surface area contributed by atoms with Crippen LogP contribution in [0.2, 0.25) is 0 Å². The lowest BCUT2D eigenvalue weighted by Crippen LogP contribution is -2.38. The summed E-state index contributed by atoms with van der Waals surface area (Å²) < 4.78 is 66.9. The second-order valence-electron chi connectivity index (χ2n) is 8.29. The lowest BCUT2D eigenvalue weighted by molar-refractivity contribution is 0.00814. The molecule has 0 saturated carbocycles. The number of alkyl halides is 3. The van der Waals surface area contributed by atoms with Crippen LogP contribution in [-0.4, -0.2) is 54.6 Å². The Morgan fingerprint density at radius 1 is 1.19 bits per heavy atom. The Labute approximate surface area is 184 Å². The summed E-state index contributed by atoms with van der Waals surface area (Å²) in [5, 5.41) is 4.42. The average Bonchev–Trinajstić information content (AvgIpc) is 2.84. The van der Waals surface area contributed by atoms with Gasteiger partial charge < -0.3 is 13.8 Å². The summed E-state index contributed by atoms with van der Waals surface area (Å²) in [6.45, 7) is 3.15. The van der Waals surface area contributed by atoms with Crippen LogP contribution in [0.4, 0.5) is 18.0 Å². The molecule has 0 unspecified atom stereocenters. The van der Waals surface area contributed by atoms with E-state index in [1.54, 1.807) is 21.7 Å². The molecule has 2 aromatic rings. The Kier molecular flexibility index (Phi) is 6.72. The highest BCUT2D eigenvalue weighted by Crippen LogP contribution is 2.31. The Morgan fingerprint density at radius 3 is 2.50 bits per heavy atom. The number of halogens is 3. The van der Waals surface area contributed by atoms with Gasteiger partial charge in [0.15, 0.2) is 0 Å². The molecule has 2 aliphatic heterocycles. The maximum Gasteiger partial charge on any atom is 0.410 e. The fourth-order valence-electron chi connectivity index (χ4n) is 3.47. The van der Waals surface area contributed by atoms with Gasteiger partial charge in [0.1, 0.15) is 10.5 Å². The third-order valence-electron chi connectivity index (χ3n) is 4.74. The maximum absolute atomic E-state index is 12.6. The summed E-state index contributed by atoms with van der Waals surface area (Å²) in [6, 6.07) is 6.68. The van der Waals surface area contributed by atoms with Gasteiger partial charge in [-0.25, -0.2) is 4.79 Å². The predicted molar refractivity (Wildman–Crippen MR) is 108 cm³/mol. The fraction of sp³-hybridized carbons (Fsp3) is 0.500. The topological polar surface area (TPSA) is 90.7 Å². The summed E-state index contributed by atoms with van der Waals surface area (Å²) in [5.41, 5.74) is 1.89. The van der Waals surface area contributed by atoms with Crippen LogP contribution in [0.1, 0.15) is 37.6 Å². The molecule has 12 heteroatoms. The number of rotatable bonds is 0. The van der Waals surface area contributed by atoms with Crippen LogP contribution in [0, 0.1) is 0 Å². The van der Waals surface area contributed by atoms with E-state index in [4.69, 9.17) is 8.92 Å². The third kappa shape index (κ3) is 5.72. The molecule has 2 aliphatic rings. The van der Waals surface area contributed by atoms with Gasteiger partial charge in [-0.15, -0.1) is 5.10 Å². The van der Waals surface area contributed by atoms with Crippen LogP contribution >= 0.6 is 0 Å². The van der Waals surface area contributed by atoms with Gasteiger partial charge >= 0.3 is 22.9 Å². The molecular formula is C20H24F3N3O5S. The zero-order valence-corrected chi connectivity index (χ0v) is 18.7. The molecule has 4 rings (SSSR count). The standard InChI is InChI=1S/C19H23N3O5S.CHF3/c1-19(2,3)26-18(23)21-9-7-15-16(8-10-21)22-12-13-5-4-6-14(11-13)28(24,25)27-17(15)20-22;2-1(3)4/h4-6,11H,7-10,12H2,1-3H3;1H. The van der Waals surface area contributed by atoms with Crippen LogP contribution < -0.4 is 4.18 Å². The summed E-state index contributed by atoms with van der Waals surface area (Å²) in [6.07, 6.45) is 0.626. The first kappa shape index (κ1) is 23.9. The SMILES string of the molecule is CC(C)(C)OC(=O)N1CCc2c3nn(c2CC1)Cc1cccc(c1)S(=O)(=O)O3.FC(F)F. The second kappa shape index (κ2) is 9.00. The second-order valence-corrected chi connectivity index (χ2v) is 9.83. The first-order chi connectivity index (χ1) is 14.9. The van der Waals surface area contributed by atoms with Crippen molar-refractivity contribution in [2.45, 2.75) is 57.3 Å². The van der Waals surface area contributed by atoms with Gasteiger partial charge in [0, 0.05) is 30.8 Å². The Balaban J connectivity index is 0.000000668. The van der Waals surface area contributed by atoms with Crippen molar-refractivity contribution < 1.29 is 35.3 Å². The van der Waals surface area contributed by atoms with Crippen LogP contribution in [-0.2, 0) is 34.2 Å². The van der Waals surface area contributed by atoms with Crippen molar-refractivity contribution in [2.75, 3.05) is 13.1 Å². The molecule has 0 saturated heterocycles. The predicted octanol–water partition coefficient (Wildman–Crippen LogP) is 3.53. The summed E-state index contributed by atoms with van der Waals surface area (Å²) >= 11 is 0. The molecular weight excluding hydrogens is 451 g/mol. The van der Waals surface area contributed by atoms with Gasteiger partial charge in [0.25, 0.3) is 5.88 Å². The van der Waals surface area contributed by atoms with Gasteiger partial charge in [0.05, 0.1) is 6.54 Å². The van der Waals surface area contributed by atoms with Crippen LogP contribution in [0.25, 0.3) is 0 Å². The zero-order valence-electron chi connectivity index (χ0n) is 17.8. The van der Waals surface area contributed by atoms with Gasteiger partial charge in [-0.2, -0.15) is 21.6 Å². The van der Waals surface area contributed by atoms with Crippen molar-refractivity contribution in [3.63, 3.8) is 0 Å². The number of ether oxygens (including phenoxy) is 1. The van der Waals surface area contributed by atoms with E-state index in [0.29, 0.717) is 32.5 Å². The number of carbonyl (C=O) groups is 1. The number of amides is 1. The lowest BCUT2D eigenvalue weighted by Gasteiger charge is -2.26. The summed E-state index contributed by atoms with van der Waals surface area (Å²) in [5.74, 6) is 0.100. The quantitative estimate of drug-likeness (QED) is 0.542. The first-order valence-electron chi connectivity index (χ1n) is 9.88. The lowest BCUT2D eigenvalue weighted by atomic mass is 10.1. The highest BCUT2D eigenvalue weighted by Gasteiger charge is 2.31. The fourth-order valence-corrected chi connectivity index (χ4v) is 4.45. The van der Waals surface area contributed by atoms with Crippen molar-refractivity contribution in [3.05, 3.63) is 41.1 Å². The van der Waals surface area contributed by atoms with Crippen molar-refractivity contribution in [2.24, 2.45) is 0 Å². The minimum atomic E-state index is -3.95. The van der Waals surface area contributed by atoms with E-state index in [2.05, 4.69) is 5.10 Å². The highest BCUT2D eigenvalue weighted by molar-refractivity contribution is 7.87. The smallest absolute Gasteiger partial charge is 0.410 e. The van der Waals surface area contributed by atoms with Crippen molar-refractivity contribution in [1.82, 2.24) is 14.7 Å². The molecule has 0 radical (unpaired) electrons. The number of fused-ring (bicyclic) bond motifs is 7. The average molecular weight is 475 g/mol. The molecule has 1 amide bonds. The monoisotopic (exact) mass is 475 g/mol. The molecule has 0 aliphatic carbocycles. The van der Waals surface area contributed by atoms with Gasteiger partial charge in [-0.1, -0.05) is 12.1 Å². The molecule has 176 valence electrons. The van der Waals surface area contributed by atoms with Crippen LogP contribution in [0.15, 0.2) is 29.2 Å². The third-order valence-corrected chi connectivity index (χ3v) is 5.95. The first-order valence-corrected chi connectivity index (χ1v) is 11.3. The van der Waals surface area contributed by atoms with E-state index in [9.17, 15) is 26.4 Å². The number of nitrogens with zero attached hydrogens (tertiary/aromatic N) is 3. The van der Waals surface area contributed by atoms with Crippen molar-refractivity contribution in [1.29, 1.82) is 0 Å². The Morgan fingerprint density at radius 2 is 1.84 bits per heavy atom. The summed E-state index contributed by atoms with van der Waals surface area (Å²) in [7, 11) is -3.95. The molecule has 0 spiro atoms. The highest BCUT2D eigenvalue weighted by atomic mass is 32.2. The number of aromatic nitrogens is 2. The van der Waals surface area contributed by atoms with Crippen LogP contribution in [0.5, 0.6) is 5.88 Å². The van der Waals surface area contributed by atoms with E-state index >= 15 is 0 Å². The molecule has 1 aromatic carbocycles. The number of benzene rings is 1. The molecule has 32 heavy (non-hydrogen) atoms. The van der Waals surface area contributed by atoms with E-state index in [-0.39, 0.29) is 16.9 Å². The van der Waals surface area contributed by atoms with E-state index in [1.807, 2.05) is 26.8 Å². The largest absolute Gasteiger partial charge is 0.444 e. The number of hydrogen-bond acceptors (Lipinski definition) is 6. The number of hydrogen-bond donors (Lipinski definition) is 0. The molecule has 1 aromatic heterocycles. The number of carbonyl (C=O) groups excluding carboxylic acids is 1. The van der Waals surface area contributed by atoms with Crippen LogP contribution in [0.3, 0.4) is 0 Å². The molecule has 3 heterocycles. The van der Waals surface area contributed by atoms with Gasteiger partial charge in [-0.3, -0.25) is 4.68 Å². The summed E-state index contributed by atoms with van der Waals surface area (Å²) in [4.78, 5) is 14.2. The van der Waals surface area contributed by atoms with E-state index < -0.39 is 22.4 Å². The van der Waals surface area contributed by atoms with Crippen molar-refractivity contribution >= 4 is 16.2 Å². The Bertz CT molecular complexity index is 1090. The van der Waals surface area contributed by atoms with Gasteiger partial charge in [-0.05, 0) is 44.9 Å². The molecule has 4 bridgehead atoms. The zero-order chi connectivity index (χ0) is 23.7. The van der Waals surface area contributed by atoms with E-state index in [1.165, 1.54) is 6.07 Å². The van der Waals surface area contributed by atoms with Crippen molar-refractivity contribution in [3.8, 4) is 5.88 Å². The molecule has 0 fully saturated rings. The molecule has 8 nitrogen and oxygen atoms in total. The minimum absolute atomic E-state index is 0.100. The normalized spacial score (nSPS) is 16.9. The van der Waals surface area contributed by atoms with E-state index in [0.717, 1.165) is 16.8 Å². The van der Waals surface area contributed by atoms with Gasteiger partial charge in [0.2, 0.25) is 0 Å². The molecule has 0 atom stereocenters.